The van der Waals surface area contributed by atoms with Crippen LogP contribution in [-0.2, 0) is 11.2 Å². The molecule has 4 heterocycles. The van der Waals surface area contributed by atoms with E-state index in [2.05, 4.69) is 26.1 Å². The second-order valence-electron chi connectivity index (χ2n) is 6.72. The van der Waals surface area contributed by atoms with Crippen LogP contribution < -0.4 is 4.90 Å². The summed E-state index contributed by atoms with van der Waals surface area (Å²) in [6.45, 7) is 2.73. The zero-order valence-electron chi connectivity index (χ0n) is 15.8. The van der Waals surface area contributed by atoms with Crippen LogP contribution in [0.15, 0.2) is 40.4 Å². The lowest BCUT2D eigenvalue weighted by molar-refractivity contribution is -0.131. The number of nitrogens with zero attached hydrogens (tertiary/aromatic N) is 6. The second-order valence-corrected chi connectivity index (χ2v) is 7.67. The molecule has 3 aromatic heterocycles. The first-order valence-corrected chi connectivity index (χ1v) is 10.4. The molecule has 8 nitrogen and oxygen atoms in total. The van der Waals surface area contributed by atoms with Crippen LogP contribution in [0.5, 0.6) is 0 Å². The van der Waals surface area contributed by atoms with Crippen molar-refractivity contribution in [2.45, 2.75) is 19.3 Å². The molecular weight excluding hydrogens is 388 g/mol. The Kier molecular flexibility index (Phi) is 5.81. The first kappa shape index (κ1) is 19.1. The summed E-state index contributed by atoms with van der Waals surface area (Å²) in [5.41, 5.74) is 0.594. The summed E-state index contributed by atoms with van der Waals surface area (Å²) >= 11 is 1.57. The van der Waals surface area contributed by atoms with Crippen molar-refractivity contribution < 1.29 is 9.32 Å². The zero-order chi connectivity index (χ0) is 20.1. The van der Waals surface area contributed by atoms with Crippen molar-refractivity contribution in [2.24, 2.45) is 0 Å². The van der Waals surface area contributed by atoms with Gasteiger partial charge in [-0.2, -0.15) is 10.2 Å². The lowest BCUT2D eigenvalue weighted by Crippen LogP contribution is -2.49. The number of aromatic nitrogens is 3. The van der Waals surface area contributed by atoms with Gasteiger partial charge in [0.25, 0.3) is 0 Å². The number of hydrogen-bond donors (Lipinski definition) is 0. The predicted molar refractivity (Wildman–Crippen MR) is 108 cm³/mol. The van der Waals surface area contributed by atoms with Crippen LogP contribution in [0, 0.1) is 11.3 Å². The molecule has 1 aliphatic rings. The number of piperazine rings is 1. The summed E-state index contributed by atoms with van der Waals surface area (Å²) in [6.07, 6.45) is 3.37. The van der Waals surface area contributed by atoms with E-state index < -0.39 is 0 Å². The van der Waals surface area contributed by atoms with Gasteiger partial charge >= 0.3 is 0 Å². The highest BCUT2D eigenvalue weighted by atomic mass is 32.1. The molecule has 1 saturated heterocycles. The molecule has 3 aromatic rings. The number of thiophene rings is 1. The zero-order valence-corrected chi connectivity index (χ0v) is 16.6. The summed E-state index contributed by atoms with van der Waals surface area (Å²) in [5, 5.41) is 15.0. The number of carbonyl (C=O) groups is 1. The molecule has 0 unspecified atom stereocenters. The van der Waals surface area contributed by atoms with Crippen molar-refractivity contribution >= 4 is 23.1 Å². The van der Waals surface area contributed by atoms with Gasteiger partial charge in [0, 0.05) is 45.2 Å². The molecule has 0 saturated carbocycles. The van der Waals surface area contributed by atoms with Crippen LogP contribution in [0.2, 0.25) is 0 Å². The van der Waals surface area contributed by atoms with E-state index in [1.807, 2.05) is 22.4 Å². The summed E-state index contributed by atoms with van der Waals surface area (Å²) < 4.78 is 5.28. The number of pyridine rings is 1. The van der Waals surface area contributed by atoms with Gasteiger partial charge in [0.05, 0.1) is 16.5 Å². The van der Waals surface area contributed by atoms with E-state index >= 15 is 0 Å². The molecule has 0 radical (unpaired) electrons. The first-order chi connectivity index (χ1) is 14.2. The van der Waals surface area contributed by atoms with Crippen molar-refractivity contribution in [1.29, 1.82) is 5.26 Å². The third-order valence-electron chi connectivity index (χ3n) is 4.82. The molecule has 0 aliphatic carbocycles. The number of aryl methyl sites for hydroxylation is 1. The van der Waals surface area contributed by atoms with Crippen LogP contribution in [0.4, 0.5) is 5.82 Å². The molecule has 0 aromatic carbocycles. The van der Waals surface area contributed by atoms with Crippen molar-refractivity contribution in [3.05, 3.63) is 47.3 Å². The van der Waals surface area contributed by atoms with E-state index in [0.29, 0.717) is 62.7 Å². The highest BCUT2D eigenvalue weighted by Gasteiger charge is 2.22. The molecule has 4 rings (SSSR count). The van der Waals surface area contributed by atoms with Crippen LogP contribution in [0.25, 0.3) is 10.7 Å². The van der Waals surface area contributed by atoms with Crippen molar-refractivity contribution in [3.63, 3.8) is 0 Å². The Morgan fingerprint density at radius 3 is 2.90 bits per heavy atom. The van der Waals surface area contributed by atoms with Gasteiger partial charge in [0.15, 0.2) is 0 Å². The van der Waals surface area contributed by atoms with Gasteiger partial charge in [0.2, 0.25) is 17.6 Å². The van der Waals surface area contributed by atoms with E-state index in [-0.39, 0.29) is 5.91 Å². The van der Waals surface area contributed by atoms with Gasteiger partial charge in [-0.25, -0.2) is 4.98 Å². The van der Waals surface area contributed by atoms with E-state index in [9.17, 15) is 4.79 Å². The predicted octanol–water partition coefficient (Wildman–Crippen LogP) is 2.74. The van der Waals surface area contributed by atoms with Crippen molar-refractivity contribution in [2.75, 3.05) is 31.1 Å². The monoisotopic (exact) mass is 408 g/mol. The number of amides is 1. The van der Waals surface area contributed by atoms with Crippen LogP contribution in [0.3, 0.4) is 0 Å². The molecule has 0 bridgehead atoms. The molecule has 29 heavy (non-hydrogen) atoms. The first-order valence-electron chi connectivity index (χ1n) is 9.48. The van der Waals surface area contributed by atoms with Crippen LogP contribution in [-0.4, -0.2) is 52.1 Å². The minimum absolute atomic E-state index is 0.140. The number of nitriles is 1. The Morgan fingerprint density at radius 1 is 1.28 bits per heavy atom. The third-order valence-corrected chi connectivity index (χ3v) is 5.69. The van der Waals surface area contributed by atoms with Crippen LogP contribution >= 0.6 is 11.3 Å². The molecule has 1 fully saturated rings. The molecule has 9 heteroatoms. The Morgan fingerprint density at radius 2 is 2.14 bits per heavy atom. The van der Waals surface area contributed by atoms with Crippen LogP contribution in [0.1, 0.15) is 24.3 Å². The normalized spacial score (nSPS) is 14.0. The molecule has 0 atom stereocenters. The fraction of sp³-hybridized carbons (Fsp3) is 0.350. The van der Waals surface area contributed by atoms with Gasteiger partial charge in [0.1, 0.15) is 5.82 Å². The standard InChI is InChI=1S/C20H20N6O2S/c21-14-15-6-7-22-17(13-15)25-8-10-26(11-9-25)19(27)5-1-4-18-23-20(24-28-18)16-3-2-12-29-16/h2-3,6-7,12-13H,1,4-5,8-11H2. The highest BCUT2D eigenvalue weighted by Crippen LogP contribution is 2.22. The highest BCUT2D eigenvalue weighted by molar-refractivity contribution is 7.13. The minimum atomic E-state index is 0.140. The fourth-order valence-corrected chi connectivity index (χ4v) is 3.91. The quantitative estimate of drug-likeness (QED) is 0.618. The smallest absolute Gasteiger partial charge is 0.226 e. The fourth-order valence-electron chi connectivity index (χ4n) is 3.26. The Hall–Kier alpha value is -3.25. The number of rotatable bonds is 6. The van der Waals surface area contributed by atoms with Gasteiger partial charge in [-0.3, -0.25) is 4.79 Å². The van der Waals surface area contributed by atoms with Gasteiger partial charge in [-0.15, -0.1) is 11.3 Å². The van der Waals surface area contributed by atoms with Gasteiger partial charge in [-0.1, -0.05) is 11.2 Å². The molecule has 1 aliphatic heterocycles. The maximum absolute atomic E-state index is 12.5. The summed E-state index contributed by atoms with van der Waals surface area (Å²) in [7, 11) is 0. The molecule has 0 N–H and O–H groups in total. The SMILES string of the molecule is N#Cc1ccnc(N2CCN(C(=O)CCCc3nc(-c4cccs4)no3)CC2)c1. The molecule has 1 amide bonds. The third kappa shape index (κ3) is 4.60. The van der Waals surface area contributed by atoms with E-state index in [1.165, 1.54) is 0 Å². The summed E-state index contributed by atoms with van der Waals surface area (Å²) in [4.78, 5) is 26.2. The number of anilines is 1. The maximum Gasteiger partial charge on any atom is 0.226 e. The lowest BCUT2D eigenvalue weighted by Gasteiger charge is -2.35. The van der Waals surface area contributed by atoms with Gasteiger partial charge in [-0.05, 0) is 30.0 Å². The summed E-state index contributed by atoms with van der Waals surface area (Å²) in [6, 6.07) is 9.51. The van der Waals surface area contributed by atoms with E-state index in [4.69, 9.17) is 9.78 Å². The molecular formula is C20H20N6O2S. The Bertz CT molecular complexity index is 1000. The van der Waals surface area contributed by atoms with Crippen molar-refractivity contribution in [1.82, 2.24) is 20.0 Å². The Labute approximate surface area is 172 Å². The topological polar surface area (TPSA) is 99.2 Å². The number of carbonyl (C=O) groups excluding carboxylic acids is 1. The van der Waals surface area contributed by atoms with Crippen molar-refractivity contribution in [3.8, 4) is 16.8 Å². The van der Waals surface area contributed by atoms with Gasteiger partial charge < -0.3 is 14.3 Å². The largest absolute Gasteiger partial charge is 0.353 e. The average molecular weight is 408 g/mol. The lowest BCUT2D eigenvalue weighted by atomic mass is 10.2. The number of hydrogen-bond acceptors (Lipinski definition) is 8. The molecule has 148 valence electrons. The van der Waals surface area contributed by atoms with E-state index in [1.54, 1.807) is 29.7 Å². The summed E-state index contributed by atoms with van der Waals surface area (Å²) in [5.74, 6) is 2.09. The molecule has 0 spiro atoms. The average Bonchev–Trinajstić information content (AvgIpc) is 3.46. The van der Waals surface area contributed by atoms with E-state index in [0.717, 1.165) is 10.7 Å². The second kappa shape index (κ2) is 8.84. The maximum atomic E-state index is 12.5. The minimum Gasteiger partial charge on any atom is -0.353 e. The Balaban J connectivity index is 1.22.